The molecule has 0 saturated carbocycles. The van der Waals surface area contributed by atoms with E-state index in [-0.39, 0.29) is 5.75 Å². The van der Waals surface area contributed by atoms with E-state index in [9.17, 15) is 8.42 Å². The van der Waals surface area contributed by atoms with Crippen LogP contribution in [-0.2, 0) is 16.6 Å². The second kappa shape index (κ2) is 7.49. The van der Waals surface area contributed by atoms with Gasteiger partial charge in [0, 0.05) is 22.9 Å². The van der Waals surface area contributed by atoms with Crippen LogP contribution in [-0.4, -0.2) is 19.9 Å². The van der Waals surface area contributed by atoms with Gasteiger partial charge in [-0.2, -0.15) is 0 Å². The summed E-state index contributed by atoms with van der Waals surface area (Å²) in [5.41, 5.74) is 7.32. The standard InChI is InChI=1S/C15H18N2O2S2/c16-14-7-4-8-15(11-14)20-9-10-21(18,19)17-12-13-5-2-1-3-6-13/h1-8,11,17H,9-10,12,16H2. The van der Waals surface area contributed by atoms with Crippen LogP contribution in [0.5, 0.6) is 0 Å². The molecule has 21 heavy (non-hydrogen) atoms. The van der Waals surface area contributed by atoms with Gasteiger partial charge >= 0.3 is 0 Å². The lowest BCUT2D eigenvalue weighted by Gasteiger charge is -2.07. The monoisotopic (exact) mass is 322 g/mol. The number of hydrogen-bond acceptors (Lipinski definition) is 4. The van der Waals surface area contributed by atoms with Gasteiger partial charge in [0.25, 0.3) is 0 Å². The summed E-state index contributed by atoms with van der Waals surface area (Å²) in [7, 11) is -3.26. The van der Waals surface area contributed by atoms with Crippen LogP contribution < -0.4 is 10.5 Å². The molecule has 0 fully saturated rings. The average Bonchev–Trinajstić information content (AvgIpc) is 2.46. The van der Waals surface area contributed by atoms with E-state index in [0.29, 0.717) is 18.0 Å². The Morgan fingerprint density at radius 3 is 2.52 bits per heavy atom. The number of sulfonamides is 1. The van der Waals surface area contributed by atoms with Crippen molar-refractivity contribution in [2.24, 2.45) is 0 Å². The van der Waals surface area contributed by atoms with Gasteiger partial charge in [-0.15, -0.1) is 11.8 Å². The number of rotatable bonds is 7. The SMILES string of the molecule is Nc1cccc(SCCS(=O)(=O)NCc2ccccc2)c1. The Balaban J connectivity index is 1.79. The molecule has 0 atom stereocenters. The molecule has 4 nitrogen and oxygen atoms in total. The lowest BCUT2D eigenvalue weighted by molar-refractivity contribution is 0.583. The highest BCUT2D eigenvalue weighted by Crippen LogP contribution is 2.20. The Hall–Kier alpha value is -1.50. The van der Waals surface area contributed by atoms with Gasteiger partial charge in [-0.25, -0.2) is 13.1 Å². The molecule has 0 aliphatic heterocycles. The van der Waals surface area contributed by atoms with Crippen molar-refractivity contribution in [1.29, 1.82) is 0 Å². The molecule has 2 aromatic carbocycles. The van der Waals surface area contributed by atoms with Crippen molar-refractivity contribution in [3.05, 3.63) is 60.2 Å². The molecule has 0 bridgehead atoms. The van der Waals surface area contributed by atoms with Gasteiger partial charge in [-0.1, -0.05) is 36.4 Å². The lowest BCUT2D eigenvalue weighted by Crippen LogP contribution is -2.26. The zero-order valence-electron chi connectivity index (χ0n) is 11.5. The van der Waals surface area contributed by atoms with Crippen LogP contribution in [0.2, 0.25) is 0 Å². The number of thioether (sulfide) groups is 1. The summed E-state index contributed by atoms with van der Waals surface area (Å²) in [6, 6.07) is 16.9. The molecule has 0 unspecified atom stereocenters. The molecule has 2 aromatic rings. The van der Waals surface area contributed by atoms with Crippen LogP contribution in [0, 0.1) is 0 Å². The van der Waals surface area contributed by atoms with Gasteiger partial charge in [0.1, 0.15) is 0 Å². The zero-order valence-corrected chi connectivity index (χ0v) is 13.2. The fraction of sp³-hybridized carbons (Fsp3) is 0.200. The van der Waals surface area contributed by atoms with E-state index in [1.54, 1.807) is 0 Å². The molecule has 0 amide bonds. The van der Waals surface area contributed by atoms with E-state index >= 15 is 0 Å². The van der Waals surface area contributed by atoms with E-state index in [2.05, 4.69) is 4.72 Å². The van der Waals surface area contributed by atoms with Gasteiger partial charge in [0.05, 0.1) is 5.75 Å². The minimum atomic E-state index is -3.26. The highest BCUT2D eigenvalue weighted by atomic mass is 32.2. The summed E-state index contributed by atoms with van der Waals surface area (Å²) in [5.74, 6) is 0.576. The van der Waals surface area contributed by atoms with Crippen LogP contribution in [0.25, 0.3) is 0 Å². The number of anilines is 1. The minimum Gasteiger partial charge on any atom is -0.399 e. The van der Waals surface area contributed by atoms with E-state index in [1.807, 2.05) is 54.6 Å². The van der Waals surface area contributed by atoms with Crippen LogP contribution >= 0.6 is 11.8 Å². The highest BCUT2D eigenvalue weighted by Gasteiger charge is 2.10. The van der Waals surface area contributed by atoms with E-state index < -0.39 is 10.0 Å². The summed E-state index contributed by atoms with van der Waals surface area (Å²) in [4.78, 5) is 0.980. The topological polar surface area (TPSA) is 72.2 Å². The van der Waals surface area contributed by atoms with Crippen LogP contribution in [0.4, 0.5) is 5.69 Å². The number of nitrogen functional groups attached to an aromatic ring is 1. The quantitative estimate of drug-likeness (QED) is 0.607. The van der Waals surface area contributed by atoms with Crippen molar-refractivity contribution in [1.82, 2.24) is 4.72 Å². The van der Waals surface area contributed by atoms with Crippen molar-refractivity contribution in [2.45, 2.75) is 11.4 Å². The van der Waals surface area contributed by atoms with Crippen molar-refractivity contribution in [3.63, 3.8) is 0 Å². The normalized spacial score (nSPS) is 11.4. The van der Waals surface area contributed by atoms with Crippen molar-refractivity contribution in [2.75, 3.05) is 17.2 Å². The fourth-order valence-electron chi connectivity index (χ4n) is 1.73. The Labute approximate surface area is 129 Å². The molecule has 6 heteroatoms. The molecule has 0 radical (unpaired) electrons. The number of nitrogens with one attached hydrogen (secondary N) is 1. The number of benzene rings is 2. The third kappa shape index (κ3) is 5.79. The molecular formula is C15H18N2O2S2. The number of hydrogen-bond donors (Lipinski definition) is 2. The van der Waals surface area contributed by atoms with Crippen molar-refractivity contribution >= 4 is 27.5 Å². The molecule has 112 valence electrons. The first kappa shape index (κ1) is 15.9. The Bertz CT molecular complexity index is 673. The first-order chi connectivity index (χ1) is 10.1. The molecule has 0 spiro atoms. The molecule has 3 N–H and O–H groups in total. The van der Waals surface area contributed by atoms with Gasteiger partial charge in [-0.05, 0) is 23.8 Å². The first-order valence-corrected chi connectivity index (χ1v) is 9.18. The Morgan fingerprint density at radius 1 is 1.05 bits per heavy atom. The highest BCUT2D eigenvalue weighted by molar-refractivity contribution is 8.00. The fourth-order valence-corrected chi connectivity index (χ4v) is 4.11. The molecule has 0 aliphatic rings. The van der Waals surface area contributed by atoms with E-state index in [4.69, 9.17) is 5.73 Å². The summed E-state index contributed by atoms with van der Waals surface area (Å²) >= 11 is 1.48. The van der Waals surface area contributed by atoms with Gasteiger partial charge in [0.2, 0.25) is 10.0 Å². The molecule has 2 rings (SSSR count). The summed E-state index contributed by atoms with van der Waals surface area (Å²) < 4.78 is 26.4. The predicted molar refractivity (Wildman–Crippen MR) is 88.6 cm³/mol. The summed E-state index contributed by atoms with van der Waals surface area (Å²) in [5, 5.41) is 0. The van der Waals surface area contributed by atoms with Gasteiger partial charge in [-0.3, -0.25) is 0 Å². The zero-order chi connectivity index (χ0) is 15.1. The van der Waals surface area contributed by atoms with Gasteiger partial charge < -0.3 is 5.73 Å². The van der Waals surface area contributed by atoms with Gasteiger partial charge in [0.15, 0.2) is 0 Å². The average molecular weight is 322 g/mol. The molecule has 0 aromatic heterocycles. The molecule has 0 heterocycles. The van der Waals surface area contributed by atoms with Crippen molar-refractivity contribution < 1.29 is 8.42 Å². The smallest absolute Gasteiger partial charge is 0.212 e. The summed E-state index contributed by atoms with van der Waals surface area (Å²) in [6.45, 7) is 0.326. The lowest BCUT2D eigenvalue weighted by atomic mass is 10.2. The third-order valence-corrected chi connectivity index (χ3v) is 5.40. The molecule has 0 saturated heterocycles. The molecule has 0 aliphatic carbocycles. The molecular weight excluding hydrogens is 304 g/mol. The van der Waals surface area contributed by atoms with E-state index in [0.717, 1.165) is 10.5 Å². The Kier molecular flexibility index (Phi) is 5.67. The maximum absolute atomic E-state index is 11.9. The number of nitrogens with two attached hydrogens (primary N) is 1. The third-order valence-electron chi connectivity index (χ3n) is 2.82. The summed E-state index contributed by atoms with van der Waals surface area (Å²) in [6.07, 6.45) is 0. The maximum Gasteiger partial charge on any atom is 0.212 e. The van der Waals surface area contributed by atoms with Crippen molar-refractivity contribution in [3.8, 4) is 0 Å². The predicted octanol–water partition coefficient (Wildman–Crippen LogP) is 2.48. The Morgan fingerprint density at radius 2 is 1.81 bits per heavy atom. The first-order valence-electron chi connectivity index (χ1n) is 6.55. The van der Waals surface area contributed by atoms with E-state index in [1.165, 1.54) is 11.8 Å². The largest absolute Gasteiger partial charge is 0.399 e. The van der Waals surface area contributed by atoms with Crippen LogP contribution in [0.1, 0.15) is 5.56 Å². The second-order valence-corrected chi connectivity index (χ2v) is 7.64. The maximum atomic E-state index is 11.9. The minimum absolute atomic E-state index is 0.0826. The second-order valence-electron chi connectivity index (χ2n) is 4.55. The van der Waals surface area contributed by atoms with Crippen LogP contribution in [0.3, 0.4) is 0 Å². The van der Waals surface area contributed by atoms with Crippen LogP contribution in [0.15, 0.2) is 59.5 Å².